The number of ether oxygens (including phenoxy) is 1. The monoisotopic (exact) mass is 104 g/mol. The summed E-state index contributed by atoms with van der Waals surface area (Å²) in [5, 5.41) is 0.519. The SMILES string of the molecule is S[C@H]1CCOC1. The summed E-state index contributed by atoms with van der Waals surface area (Å²) >= 11 is 4.17. The van der Waals surface area contributed by atoms with Crippen LogP contribution in [0.25, 0.3) is 0 Å². The fraction of sp³-hybridized carbons (Fsp3) is 1.00. The van der Waals surface area contributed by atoms with E-state index < -0.39 is 0 Å². The highest BCUT2D eigenvalue weighted by Crippen LogP contribution is 2.08. The Balaban J connectivity index is 2.18. The van der Waals surface area contributed by atoms with E-state index in [9.17, 15) is 0 Å². The fourth-order valence-corrected chi connectivity index (χ4v) is 0.733. The molecule has 0 saturated carbocycles. The third kappa shape index (κ3) is 0.884. The van der Waals surface area contributed by atoms with Crippen LogP contribution in [0.2, 0.25) is 0 Å². The lowest BCUT2D eigenvalue weighted by atomic mass is 10.4. The zero-order valence-corrected chi connectivity index (χ0v) is 4.45. The Morgan fingerprint density at radius 3 is 2.67 bits per heavy atom. The largest absolute Gasteiger partial charge is 0.380 e. The summed E-state index contributed by atoms with van der Waals surface area (Å²) in [6.45, 7) is 1.76. The lowest BCUT2D eigenvalue weighted by Crippen LogP contribution is -1.92. The lowest BCUT2D eigenvalue weighted by molar-refractivity contribution is 0.199. The van der Waals surface area contributed by atoms with Gasteiger partial charge in [0.15, 0.2) is 0 Å². The second kappa shape index (κ2) is 1.85. The molecule has 0 bridgehead atoms. The molecule has 0 aliphatic carbocycles. The van der Waals surface area contributed by atoms with Crippen molar-refractivity contribution in [3.05, 3.63) is 0 Å². The average Bonchev–Trinajstić information content (AvgIpc) is 1.86. The van der Waals surface area contributed by atoms with Crippen LogP contribution in [0.4, 0.5) is 0 Å². The summed E-state index contributed by atoms with van der Waals surface area (Å²) in [4.78, 5) is 0. The van der Waals surface area contributed by atoms with E-state index in [0.29, 0.717) is 5.25 Å². The van der Waals surface area contributed by atoms with Crippen LogP contribution in [0.5, 0.6) is 0 Å². The Labute approximate surface area is 43.1 Å². The van der Waals surface area contributed by atoms with Crippen LogP contribution in [0.1, 0.15) is 6.42 Å². The Bertz CT molecular complexity index is 40.8. The molecule has 0 aromatic carbocycles. The third-order valence-electron chi connectivity index (χ3n) is 0.906. The predicted octanol–water partition coefficient (Wildman–Crippen LogP) is 0.705. The molecule has 1 aliphatic heterocycles. The molecule has 1 heterocycles. The van der Waals surface area contributed by atoms with E-state index in [1.165, 1.54) is 0 Å². The van der Waals surface area contributed by atoms with E-state index in [-0.39, 0.29) is 0 Å². The van der Waals surface area contributed by atoms with Gasteiger partial charge in [0.1, 0.15) is 0 Å². The second-order valence-electron chi connectivity index (χ2n) is 1.52. The van der Waals surface area contributed by atoms with Crippen LogP contribution in [-0.2, 0) is 4.74 Å². The summed E-state index contributed by atoms with van der Waals surface area (Å²) in [5.74, 6) is 0. The minimum atomic E-state index is 0.519. The molecular formula is C4H8OS. The van der Waals surface area contributed by atoms with Gasteiger partial charge in [0.2, 0.25) is 0 Å². The van der Waals surface area contributed by atoms with Gasteiger partial charge < -0.3 is 4.74 Å². The molecule has 2 heteroatoms. The Kier molecular flexibility index (Phi) is 1.37. The number of thiol groups is 1. The highest BCUT2D eigenvalue weighted by molar-refractivity contribution is 7.81. The van der Waals surface area contributed by atoms with Gasteiger partial charge in [-0.1, -0.05) is 0 Å². The molecule has 6 heavy (non-hydrogen) atoms. The van der Waals surface area contributed by atoms with Crippen LogP contribution >= 0.6 is 12.6 Å². The minimum Gasteiger partial charge on any atom is -0.380 e. The normalized spacial score (nSPS) is 34.5. The first-order valence-corrected chi connectivity index (χ1v) is 2.67. The number of rotatable bonds is 0. The van der Waals surface area contributed by atoms with E-state index >= 15 is 0 Å². The maximum atomic E-state index is 4.98. The van der Waals surface area contributed by atoms with Gasteiger partial charge in [-0.05, 0) is 6.42 Å². The molecule has 0 aromatic rings. The quantitative estimate of drug-likeness (QED) is 0.445. The first kappa shape index (κ1) is 4.47. The Morgan fingerprint density at radius 2 is 2.50 bits per heavy atom. The van der Waals surface area contributed by atoms with Crippen molar-refractivity contribution in [2.24, 2.45) is 0 Å². The Morgan fingerprint density at radius 1 is 1.67 bits per heavy atom. The summed E-state index contributed by atoms with van der Waals surface area (Å²) in [7, 11) is 0. The van der Waals surface area contributed by atoms with Gasteiger partial charge in [-0.15, -0.1) is 0 Å². The van der Waals surface area contributed by atoms with Crippen molar-refractivity contribution in [3.8, 4) is 0 Å². The molecule has 0 amide bonds. The smallest absolute Gasteiger partial charge is 0.0583 e. The molecule has 0 N–H and O–H groups in total. The zero-order valence-electron chi connectivity index (χ0n) is 3.55. The third-order valence-corrected chi connectivity index (χ3v) is 1.31. The van der Waals surface area contributed by atoms with Crippen molar-refractivity contribution >= 4 is 12.6 Å². The standard InChI is InChI=1S/C4H8OS/c6-4-1-2-5-3-4/h4,6H,1-3H2/t4-/m0/s1. The van der Waals surface area contributed by atoms with Crippen LogP contribution in [0.15, 0.2) is 0 Å². The summed E-state index contributed by atoms with van der Waals surface area (Å²) in [6.07, 6.45) is 1.13. The molecule has 0 aromatic heterocycles. The summed E-state index contributed by atoms with van der Waals surface area (Å²) in [5.41, 5.74) is 0. The van der Waals surface area contributed by atoms with Crippen LogP contribution in [-0.4, -0.2) is 18.5 Å². The van der Waals surface area contributed by atoms with Gasteiger partial charge in [-0.3, -0.25) is 0 Å². The summed E-state index contributed by atoms with van der Waals surface area (Å²) < 4.78 is 4.98. The van der Waals surface area contributed by atoms with Crippen LogP contribution < -0.4 is 0 Å². The van der Waals surface area contributed by atoms with Crippen molar-refractivity contribution in [1.29, 1.82) is 0 Å². The maximum Gasteiger partial charge on any atom is 0.0583 e. The molecule has 0 radical (unpaired) electrons. The van der Waals surface area contributed by atoms with Crippen molar-refractivity contribution in [1.82, 2.24) is 0 Å². The minimum absolute atomic E-state index is 0.519. The molecule has 1 fully saturated rings. The van der Waals surface area contributed by atoms with Gasteiger partial charge in [0.25, 0.3) is 0 Å². The van der Waals surface area contributed by atoms with Crippen LogP contribution in [0, 0.1) is 0 Å². The van der Waals surface area contributed by atoms with Gasteiger partial charge in [0.05, 0.1) is 6.61 Å². The number of hydrogen-bond acceptors (Lipinski definition) is 2. The van der Waals surface area contributed by atoms with Gasteiger partial charge in [-0.2, -0.15) is 12.6 Å². The molecule has 0 unspecified atom stereocenters. The molecule has 1 atom stereocenters. The van der Waals surface area contributed by atoms with Crippen molar-refractivity contribution < 1.29 is 4.74 Å². The number of hydrogen-bond donors (Lipinski definition) is 1. The molecule has 1 aliphatic rings. The average molecular weight is 104 g/mol. The zero-order chi connectivity index (χ0) is 4.41. The van der Waals surface area contributed by atoms with E-state index in [4.69, 9.17) is 4.74 Å². The van der Waals surface area contributed by atoms with Gasteiger partial charge in [0, 0.05) is 11.9 Å². The topological polar surface area (TPSA) is 9.23 Å². The molecular weight excluding hydrogens is 96.1 g/mol. The lowest BCUT2D eigenvalue weighted by Gasteiger charge is -1.88. The van der Waals surface area contributed by atoms with Gasteiger partial charge in [-0.25, -0.2) is 0 Å². The van der Waals surface area contributed by atoms with E-state index in [1.807, 2.05) is 0 Å². The van der Waals surface area contributed by atoms with Gasteiger partial charge >= 0.3 is 0 Å². The first-order valence-electron chi connectivity index (χ1n) is 2.15. The second-order valence-corrected chi connectivity index (χ2v) is 2.25. The maximum absolute atomic E-state index is 4.98. The Hall–Kier alpha value is 0.310. The first-order chi connectivity index (χ1) is 2.89. The molecule has 0 spiro atoms. The predicted molar refractivity (Wildman–Crippen MR) is 28.2 cm³/mol. The highest BCUT2D eigenvalue weighted by atomic mass is 32.1. The van der Waals surface area contributed by atoms with Crippen molar-refractivity contribution in [2.45, 2.75) is 11.7 Å². The highest BCUT2D eigenvalue weighted by Gasteiger charge is 2.08. The fourth-order valence-electron chi connectivity index (χ4n) is 0.522. The van der Waals surface area contributed by atoms with E-state index in [2.05, 4.69) is 12.6 Å². The van der Waals surface area contributed by atoms with E-state index in [1.54, 1.807) is 0 Å². The molecule has 1 rings (SSSR count). The van der Waals surface area contributed by atoms with E-state index in [0.717, 1.165) is 19.6 Å². The van der Waals surface area contributed by atoms with Crippen molar-refractivity contribution in [3.63, 3.8) is 0 Å². The molecule has 1 saturated heterocycles. The van der Waals surface area contributed by atoms with Crippen LogP contribution in [0.3, 0.4) is 0 Å². The van der Waals surface area contributed by atoms with Crippen molar-refractivity contribution in [2.75, 3.05) is 13.2 Å². The molecule has 36 valence electrons. The summed E-state index contributed by atoms with van der Waals surface area (Å²) in [6, 6.07) is 0. The molecule has 1 nitrogen and oxygen atoms in total.